The highest BCUT2D eigenvalue weighted by Gasteiger charge is 2.34. The maximum atomic E-state index is 12.3. The van der Waals surface area contributed by atoms with Crippen LogP contribution < -0.4 is 5.32 Å². The lowest BCUT2D eigenvalue weighted by Crippen LogP contribution is -2.52. The summed E-state index contributed by atoms with van der Waals surface area (Å²) in [6, 6.07) is 3.94. The Bertz CT molecular complexity index is 690. The third-order valence-electron chi connectivity index (χ3n) is 3.84. The lowest BCUT2D eigenvalue weighted by Gasteiger charge is -2.23. The molecule has 2 atom stereocenters. The van der Waals surface area contributed by atoms with E-state index in [2.05, 4.69) is 5.32 Å². The molecule has 9 heteroatoms. The average Bonchev–Trinajstić information content (AvgIpc) is 3.04. The van der Waals surface area contributed by atoms with Gasteiger partial charge >= 0.3 is 11.9 Å². The van der Waals surface area contributed by atoms with Crippen molar-refractivity contribution in [1.82, 2.24) is 10.2 Å². The Balaban J connectivity index is 2.05. The predicted octanol–water partition coefficient (Wildman–Crippen LogP) is 0.418. The van der Waals surface area contributed by atoms with Crippen LogP contribution in [-0.2, 0) is 20.8 Å². The molecule has 0 bridgehead atoms. The highest BCUT2D eigenvalue weighted by molar-refractivity contribution is 7.99. The molecule has 1 aliphatic heterocycles. The van der Waals surface area contributed by atoms with Crippen LogP contribution in [-0.4, -0.2) is 62.6 Å². The molecule has 1 aromatic carbocycles. The van der Waals surface area contributed by atoms with E-state index < -0.39 is 29.9 Å². The van der Waals surface area contributed by atoms with Crippen LogP contribution in [0.15, 0.2) is 24.3 Å². The summed E-state index contributed by atoms with van der Waals surface area (Å²) in [6.07, 6.45) is 0.0148. The Kier molecular flexibility index (Phi) is 6.02. The van der Waals surface area contributed by atoms with Gasteiger partial charge in [-0.15, -0.1) is 11.8 Å². The fourth-order valence-corrected chi connectivity index (χ4v) is 3.68. The number of carboxylic acid groups (broad SMARTS) is 2. The maximum Gasteiger partial charge on any atom is 0.335 e. The van der Waals surface area contributed by atoms with Crippen LogP contribution in [0.3, 0.4) is 0 Å². The van der Waals surface area contributed by atoms with Gasteiger partial charge in [-0.1, -0.05) is 12.1 Å². The van der Waals surface area contributed by atoms with Crippen molar-refractivity contribution in [3.05, 3.63) is 35.4 Å². The lowest BCUT2D eigenvalue weighted by molar-refractivity contribution is -0.143. The molecule has 2 rings (SSSR count). The minimum atomic E-state index is -1.20. The molecular weight excluding hydrogens is 348 g/mol. The second-order valence-electron chi connectivity index (χ2n) is 5.61. The summed E-state index contributed by atoms with van der Waals surface area (Å²) in [4.78, 5) is 47.6. The van der Waals surface area contributed by atoms with E-state index in [0.29, 0.717) is 17.2 Å². The molecule has 0 aliphatic carbocycles. The molecule has 25 heavy (non-hydrogen) atoms. The SMILES string of the molecule is CC(=O)N1CSC[C@@H]1C(=O)N[C@@H](Cc1ccc(C(=O)O)cc1)C(=O)O. The Morgan fingerprint density at radius 2 is 1.88 bits per heavy atom. The quantitative estimate of drug-likeness (QED) is 0.666. The first-order chi connectivity index (χ1) is 11.8. The topological polar surface area (TPSA) is 124 Å². The molecule has 1 aromatic rings. The number of hydrogen-bond acceptors (Lipinski definition) is 5. The van der Waals surface area contributed by atoms with Gasteiger partial charge in [0.2, 0.25) is 11.8 Å². The van der Waals surface area contributed by atoms with Gasteiger partial charge in [0.25, 0.3) is 0 Å². The number of benzene rings is 1. The van der Waals surface area contributed by atoms with Crippen LogP contribution in [0.4, 0.5) is 0 Å². The molecule has 0 aromatic heterocycles. The molecule has 8 nitrogen and oxygen atoms in total. The molecule has 2 amide bonds. The number of nitrogens with zero attached hydrogens (tertiary/aromatic N) is 1. The molecule has 0 saturated carbocycles. The minimum absolute atomic E-state index is 0.0148. The van der Waals surface area contributed by atoms with Crippen molar-refractivity contribution in [2.75, 3.05) is 11.6 Å². The number of rotatable bonds is 6. The monoisotopic (exact) mass is 366 g/mol. The van der Waals surface area contributed by atoms with Gasteiger partial charge in [0.15, 0.2) is 0 Å². The third kappa shape index (κ3) is 4.72. The van der Waals surface area contributed by atoms with Crippen molar-refractivity contribution >= 4 is 35.5 Å². The summed E-state index contributed by atoms with van der Waals surface area (Å²) in [6.45, 7) is 1.37. The number of carbonyl (C=O) groups is 4. The second kappa shape index (κ2) is 8.02. The molecule has 0 spiro atoms. The molecule has 1 aliphatic rings. The van der Waals surface area contributed by atoms with E-state index in [1.165, 1.54) is 47.9 Å². The van der Waals surface area contributed by atoms with E-state index in [4.69, 9.17) is 5.11 Å². The molecular formula is C16H18N2O6S. The zero-order chi connectivity index (χ0) is 18.6. The molecule has 1 heterocycles. The van der Waals surface area contributed by atoms with E-state index in [-0.39, 0.29) is 17.9 Å². The molecule has 1 saturated heterocycles. The van der Waals surface area contributed by atoms with Crippen molar-refractivity contribution < 1.29 is 29.4 Å². The van der Waals surface area contributed by atoms with Crippen LogP contribution in [0.5, 0.6) is 0 Å². The fourth-order valence-electron chi connectivity index (χ4n) is 2.46. The van der Waals surface area contributed by atoms with Crippen molar-refractivity contribution in [3.63, 3.8) is 0 Å². The summed E-state index contributed by atoms with van der Waals surface area (Å²) < 4.78 is 0. The van der Waals surface area contributed by atoms with Crippen molar-refractivity contribution in [2.24, 2.45) is 0 Å². The van der Waals surface area contributed by atoms with E-state index >= 15 is 0 Å². The highest BCUT2D eigenvalue weighted by Crippen LogP contribution is 2.21. The van der Waals surface area contributed by atoms with Crippen LogP contribution >= 0.6 is 11.8 Å². The molecule has 0 radical (unpaired) electrons. The number of hydrogen-bond donors (Lipinski definition) is 3. The van der Waals surface area contributed by atoms with Gasteiger partial charge in [0, 0.05) is 19.1 Å². The summed E-state index contributed by atoms with van der Waals surface area (Å²) in [5.74, 6) is -2.18. The minimum Gasteiger partial charge on any atom is -0.480 e. The van der Waals surface area contributed by atoms with Crippen LogP contribution in [0, 0.1) is 0 Å². The highest BCUT2D eigenvalue weighted by atomic mass is 32.2. The fraction of sp³-hybridized carbons (Fsp3) is 0.375. The molecule has 134 valence electrons. The molecule has 3 N–H and O–H groups in total. The van der Waals surface area contributed by atoms with Crippen molar-refractivity contribution in [1.29, 1.82) is 0 Å². The number of aliphatic carboxylic acids is 1. The molecule has 0 unspecified atom stereocenters. The van der Waals surface area contributed by atoms with Gasteiger partial charge in [-0.3, -0.25) is 9.59 Å². The Morgan fingerprint density at radius 3 is 2.40 bits per heavy atom. The number of carbonyl (C=O) groups excluding carboxylic acids is 2. The lowest BCUT2D eigenvalue weighted by atomic mass is 10.0. The number of amides is 2. The number of carboxylic acids is 2. The standard InChI is InChI=1S/C16H18N2O6S/c1-9(19)18-8-25-7-13(18)14(20)17-12(16(23)24)6-10-2-4-11(5-3-10)15(21)22/h2-5,12-13H,6-8H2,1H3,(H,17,20)(H,21,22)(H,23,24)/t12-,13+/m0/s1. The summed E-state index contributed by atoms with van der Waals surface area (Å²) in [5, 5.41) is 20.7. The zero-order valence-electron chi connectivity index (χ0n) is 13.5. The van der Waals surface area contributed by atoms with E-state index in [1.54, 1.807) is 0 Å². The van der Waals surface area contributed by atoms with E-state index in [1.807, 2.05) is 0 Å². The molecule has 1 fully saturated rings. The Morgan fingerprint density at radius 1 is 1.24 bits per heavy atom. The third-order valence-corrected chi connectivity index (χ3v) is 4.86. The second-order valence-corrected chi connectivity index (χ2v) is 6.61. The van der Waals surface area contributed by atoms with Gasteiger partial charge in [0.05, 0.1) is 11.4 Å². The van der Waals surface area contributed by atoms with Gasteiger partial charge in [-0.05, 0) is 17.7 Å². The largest absolute Gasteiger partial charge is 0.480 e. The van der Waals surface area contributed by atoms with Crippen LogP contribution in [0.2, 0.25) is 0 Å². The number of thioether (sulfide) groups is 1. The maximum absolute atomic E-state index is 12.3. The van der Waals surface area contributed by atoms with Crippen LogP contribution in [0.1, 0.15) is 22.8 Å². The van der Waals surface area contributed by atoms with Gasteiger partial charge in [0.1, 0.15) is 12.1 Å². The van der Waals surface area contributed by atoms with Gasteiger partial charge < -0.3 is 20.4 Å². The van der Waals surface area contributed by atoms with E-state index in [9.17, 15) is 24.3 Å². The van der Waals surface area contributed by atoms with Crippen molar-refractivity contribution in [2.45, 2.75) is 25.4 Å². The van der Waals surface area contributed by atoms with Crippen LogP contribution in [0.25, 0.3) is 0 Å². The first kappa shape index (κ1) is 18.8. The summed E-state index contributed by atoms with van der Waals surface area (Å²) in [5.41, 5.74) is 0.682. The summed E-state index contributed by atoms with van der Waals surface area (Å²) in [7, 11) is 0. The van der Waals surface area contributed by atoms with Gasteiger partial charge in [-0.25, -0.2) is 9.59 Å². The normalized spacial score (nSPS) is 17.8. The number of aromatic carboxylic acids is 1. The van der Waals surface area contributed by atoms with Gasteiger partial charge in [-0.2, -0.15) is 0 Å². The Hall–Kier alpha value is -2.55. The average molecular weight is 366 g/mol. The zero-order valence-corrected chi connectivity index (χ0v) is 14.3. The van der Waals surface area contributed by atoms with E-state index in [0.717, 1.165) is 0 Å². The first-order valence-corrected chi connectivity index (χ1v) is 8.65. The predicted molar refractivity (Wildman–Crippen MR) is 90.3 cm³/mol. The number of nitrogens with one attached hydrogen (secondary N) is 1. The first-order valence-electron chi connectivity index (χ1n) is 7.50. The Labute approximate surface area is 148 Å². The summed E-state index contributed by atoms with van der Waals surface area (Å²) >= 11 is 1.43. The smallest absolute Gasteiger partial charge is 0.335 e. The van der Waals surface area contributed by atoms with Crippen molar-refractivity contribution in [3.8, 4) is 0 Å².